The maximum Gasteiger partial charge on any atom is 0.337 e. The largest absolute Gasteiger partial charge is 0.493 e. The summed E-state index contributed by atoms with van der Waals surface area (Å²) in [6.07, 6.45) is 0. The third kappa shape index (κ3) is 3.76. The lowest BCUT2D eigenvalue weighted by molar-refractivity contribution is 0.0600. The molecule has 0 spiro atoms. The molecule has 0 aromatic heterocycles. The lowest BCUT2D eigenvalue weighted by atomic mass is 10.2. The van der Waals surface area contributed by atoms with Crippen LogP contribution in [0.5, 0.6) is 17.2 Å². The van der Waals surface area contributed by atoms with Gasteiger partial charge >= 0.3 is 5.97 Å². The van der Waals surface area contributed by atoms with Gasteiger partial charge in [-0.25, -0.2) is 4.79 Å². The average molecular weight is 351 g/mol. The first-order valence-corrected chi connectivity index (χ1v) is 7.39. The van der Waals surface area contributed by atoms with E-state index in [2.05, 4.69) is 15.9 Å². The predicted octanol–water partition coefficient (Wildman–Crippen LogP) is 4.17. The Bertz CT molecular complexity index is 623. The zero-order valence-electron chi connectivity index (χ0n) is 11.8. The van der Waals surface area contributed by atoms with E-state index < -0.39 is 5.97 Å². The van der Waals surface area contributed by atoms with Crippen LogP contribution in [0, 0.1) is 0 Å². The minimum atomic E-state index is -0.419. The highest BCUT2D eigenvalue weighted by Gasteiger charge is 2.12. The van der Waals surface area contributed by atoms with Gasteiger partial charge in [-0.05, 0) is 35.9 Å². The summed E-state index contributed by atoms with van der Waals surface area (Å²) in [5, 5.41) is 0.786. The van der Waals surface area contributed by atoms with Crippen LogP contribution >= 0.6 is 15.9 Å². The van der Waals surface area contributed by atoms with Gasteiger partial charge < -0.3 is 14.2 Å². The molecule has 2 aromatic carbocycles. The summed E-state index contributed by atoms with van der Waals surface area (Å²) in [5.41, 5.74) is 1.56. The normalized spacial score (nSPS) is 10.0. The molecule has 110 valence electrons. The number of halogens is 1. The molecule has 4 nitrogen and oxygen atoms in total. The maximum absolute atomic E-state index is 11.6. The van der Waals surface area contributed by atoms with E-state index in [1.54, 1.807) is 25.3 Å². The van der Waals surface area contributed by atoms with Crippen molar-refractivity contribution < 1.29 is 19.0 Å². The highest BCUT2D eigenvalue weighted by molar-refractivity contribution is 9.08. The second kappa shape index (κ2) is 7.13. The lowest BCUT2D eigenvalue weighted by Gasteiger charge is -2.11. The van der Waals surface area contributed by atoms with Crippen LogP contribution in [0.1, 0.15) is 15.9 Å². The number of carbonyl (C=O) groups is 1. The van der Waals surface area contributed by atoms with E-state index in [0.29, 0.717) is 22.8 Å². The van der Waals surface area contributed by atoms with Crippen molar-refractivity contribution in [3.63, 3.8) is 0 Å². The number of hydrogen-bond donors (Lipinski definition) is 0. The first-order chi connectivity index (χ1) is 10.2. The van der Waals surface area contributed by atoms with Crippen molar-refractivity contribution in [2.45, 2.75) is 5.33 Å². The van der Waals surface area contributed by atoms with E-state index in [1.165, 1.54) is 7.11 Å². The monoisotopic (exact) mass is 350 g/mol. The Hall–Kier alpha value is -2.01. The molecule has 0 aliphatic rings. The molecule has 0 amide bonds. The molecule has 0 unspecified atom stereocenters. The zero-order chi connectivity index (χ0) is 15.2. The second-order valence-electron chi connectivity index (χ2n) is 4.24. The smallest absolute Gasteiger partial charge is 0.337 e. The molecule has 0 aliphatic heterocycles. The van der Waals surface area contributed by atoms with Gasteiger partial charge in [-0.3, -0.25) is 0 Å². The highest BCUT2D eigenvalue weighted by Crippen LogP contribution is 2.32. The van der Waals surface area contributed by atoms with E-state index >= 15 is 0 Å². The van der Waals surface area contributed by atoms with Crippen molar-refractivity contribution in [1.82, 2.24) is 0 Å². The first-order valence-electron chi connectivity index (χ1n) is 6.27. The van der Waals surface area contributed by atoms with Crippen LogP contribution in [-0.4, -0.2) is 20.2 Å². The molecule has 5 heteroatoms. The highest BCUT2D eigenvalue weighted by atomic mass is 79.9. The van der Waals surface area contributed by atoms with E-state index in [4.69, 9.17) is 14.2 Å². The van der Waals surface area contributed by atoms with Gasteiger partial charge in [0, 0.05) is 5.33 Å². The number of esters is 1. The number of hydrogen-bond acceptors (Lipinski definition) is 4. The average Bonchev–Trinajstić information content (AvgIpc) is 2.54. The van der Waals surface area contributed by atoms with Crippen molar-refractivity contribution in [3.8, 4) is 17.2 Å². The number of methoxy groups -OCH3 is 2. The summed E-state index contributed by atoms with van der Waals surface area (Å²) < 4.78 is 15.7. The molecule has 0 aliphatic carbocycles. The molecule has 0 radical (unpaired) electrons. The van der Waals surface area contributed by atoms with Gasteiger partial charge in [-0.1, -0.05) is 28.1 Å². The van der Waals surface area contributed by atoms with E-state index in [-0.39, 0.29) is 0 Å². The van der Waals surface area contributed by atoms with Gasteiger partial charge in [-0.15, -0.1) is 0 Å². The summed E-state index contributed by atoms with van der Waals surface area (Å²) in [6, 6.07) is 12.5. The Labute approximate surface area is 131 Å². The summed E-state index contributed by atoms with van der Waals surface area (Å²) in [6.45, 7) is 0. The molecule has 21 heavy (non-hydrogen) atoms. The topological polar surface area (TPSA) is 44.8 Å². The molecule has 0 saturated carbocycles. The van der Waals surface area contributed by atoms with Crippen molar-refractivity contribution in [2.24, 2.45) is 0 Å². The number of benzene rings is 2. The Morgan fingerprint density at radius 2 is 1.76 bits per heavy atom. The predicted molar refractivity (Wildman–Crippen MR) is 83.5 cm³/mol. The Kier molecular flexibility index (Phi) is 5.22. The van der Waals surface area contributed by atoms with Gasteiger partial charge in [0.2, 0.25) is 0 Å². The molecule has 0 heterocycles. The number of carbonyl (C=O) groups excluding carboxylic acids is 1. The fourth-order valence-electron chi connectivity index (χ4n) is 1.77. The van der Waals surface area contributed by atoms with Gasteiger partial charge in [-0.2, -0.15) is 0 Å². The molecule has 2 aromatic rings. The molecule has 0 bridgehead atoms. The minimum Gasteiger partial charge on any atom is -0.493 e. The molecular weight excluding hydrogens is 336 g/mol. The Balaban J connectivity index is 2.29. The minimum absolute atomic E-state index is 0.408. The van der Waals surface area contributed by atoms with Crippen molar-refractivity contribution in [3.05, 3.63) is 53.6 Å². The van der Waals surface area contributed by atoms with Crippen LogP contribution in [0.4, 0.5) is 0 Å². The summed E-state index contributed by atoms with van der Waals surface area (Å²) in [5.74, 6) is 1.26. The van der Waals surface area contributed by atoms with Gasteiger partial charge in [0.25, 0.3) is 0 Å². The van der Waals surface area contributed by atoms with E-state index in [1.807, 2.05) is 24.3 Å². The Morgan fingerprint density at radius 3 is 2.33 bits per heavy atom. The molecule has 0 atom stereocenters. The van der Waals surface area contributed by atoms with Gasteiger partial charge in [0.1, 0.15) is 5.75 Å². The third-order valence-corrected chi connectivity index (χ3v) is 3.54. The quantitative estimate of drug-likeness (QED) is 0.599. The van der Waals surface area contributed by atoms with E-state index in [0.717, 1.165) is 10.9 Å². The van der Waals surface area contributed by atoms with Crippen LogP contribution in [0.25, 0.3) is 0 Å². The van der Waals surface area contributed by atoms with Crippen LogP contribution in [0.15, 0.2) is 42.5 Å². The number of ether oxygens (including phenoxy) is 3. The number of alkyl halides is 1. The number of rotatable bonds is 5. The van der Waals surface area contributed by atoms with Crippen LogP contribution in [0.2, 0.25) is 0 Å². The summed E-state index contributed by atoms with van der Waals surface area (Å²) in [4.78, 5) is 11.6. The third-order valence-electron chi connectivity index (χ3n) is 2.89. The molecule has 2 rings (SSSR count). The van der Waals surface area contributed by atoms with Gasteiger partial charge in [0.15, 0.2) is 11.5 Å². The van der Waals surface area contributed by atoms with Crippen LogP contribution in [0.3, 0.4) is 0 Å². The van der Waals surface area contributed by atoms with Gasteiger partial charge in [0.05, 0.1) is 19.8 Å². The standard InChI is InChI=1S/C16H15BrO4/c1-19-14-8-5-12(16(18)20-2)9-15(14)21-13-6-3-11(10-17)4-7-13/h3-9H,10H2,1-2H3. The zero-order valence-corrected chi connectivity index (χ0v) is 13.3. The van der Waals surface area contributed by atoms with Crippen LogP contribution in [-0.2, 0) is 10.1 Å². The molecule has 0 N–H and O–H groups in total. The Morgan fingerprint density at radius 1 is 1.05 bits per heavy atom. The fourth-order valence-corrected chi connectivity index (χ4v) is 2.15. The summed E-state index contributed by atoms with van der Waals surface area (Å²) in [7, 11) is 2.89. The van der Waals surface area contributed by atoms with Crippen molar-refractivity contribution in [2.75, 3.05) is 14.2 Å². The molecule has 0 saturated heterocycles. The summed E-state index contributed by atoms with van der Waals surface area (Å²) >= 11 is 3.39. The fraction of sp³-hybridized carbons (Fsp3) is 0.188. The van der Waals surface area contributed by atoms with Crippen molar-refractivity contribution in [1.29, 1.82) is 0 Å². The molecular formula is C16H15BrO4. The maximum atomic E-state index is 11.6. The van der Waals surface area contributed by atoms with Crippen molar-refractivity contribution >= 4 is 21.9 Å². The SMILES string of the molecule is COC(=O)c1ccc(OC)c(Oc2ccc(CBr)cc2)c1. The lowest BCUT2D eigenvalue weighted by Crippen LogP contribution is -2.02. The first kappa shape index (κ1) is 15.4. The van der Waals surface area contributed by atoms with E-state index in [9.17, 15) is 4.79 Å². The second-order valence-corrected chi connectivity index (χ2v) is 4.80. The van der Waals surface area contributed by atoms with Crippen LogP contribution < -0.4 is 9.47 Å². The molecule has 0 fully saturated rings.